The topological polar surface area (TPSA) is 37.8 Å². The Morgan fingerprint density at radius 1 is 1.57 bits per heavy atom. The first-order chi connectivity index (χ1) is 6.79. The van der Waals surface area contributed by atoms with Crippen molar-refractivity contribution in [3.05, 3.63) is 15.6 Å². The number of hydrogen-bond donors (Lipinski definition) is 1. The van der Waals surface area contributed by atoms with Crippen LogP contribution in [-0.4, -0.2) is 16.5 Å². The Balaban J connectivity index is 2.11. The summed E-state index contributed by atoms with van der Waals surface area (Å²) >= 11 is 2.26. The number of nitrogens with zero attached hydrogens (tertiary/aromatic N) is 2. The number of anilines is 1. The van der Waals surface area contributed by atoms with Gasteiger partial charge in [-0.25, -0.2) is 9.97 Å². The lowest BCUT2D eigenvalue weighted by Crippen LogP contribution is -2.06. The van der Waals surface area contributed by atoms with Crippen LogP contribution in [0.2, 0.25) is 0 Å². The molecule has 0 atom stereocenters. The van der Waals surface area contributed by atoms with E-state index in [1.807, 2.05) is 6.20 Å². The van der Waals surface area contributed by atoms with E-state index in [-0.39, 0.29) is 0 Å². The Labute approximate surface area is 97.9 Å². The van der Waals surface area contributed by atoms with Gasteiger partial charge in [0.25, 0.3) is 0 Å². The van der Waals surface area contributed by atoms with Crippen LogP contribution in [0.4, 0.5) is 5.82 Å². The fourth-order valence-corrected chi connectivity index (χ4v) is 1.82. The molecule has 1 aliphatic rings. The maximum atomic E-state index is 4.51. The Morgan fingerprint density at radius 2 is 2.36 bits per heavy atom. The molecule has 0 bridgehead atoms. The van der Waals surface area contributed by atoms with Gasteiger partial charge < -0.3 is 5.32 Å². The first kappa shape index (κ1) is 10.1. The average Bonchev–Trinajstić information content (AvgIpc) is 2.95. The van der Waals surface area contributed by atoms with E-state index in [1.54, 1.807) is 0 Å². The van der Waals surface area contributed by atoms with Crippen LogP contribution in [0.1, 0.15) is 25.6 Å². The first-order valence-electron chi connectivity index (χ1n) is 5.05. The van der Waals surface area contributed by atoms with E-state index in [9.17, 15) is 0 Å². The predicted octanol–water partition coefficient (Wildman–Crippen LogP) is 2.47. The zero-order valence-corrected chi connectivity index (χ0v) is 10.4. The van der Waals surface area contributed by atoms with Gasteiger partial charge in [-0.05, 0) is 48.3 Å². The summed E-state index contributed by atoms with van der Waals surface area (Å²) in [6.45, 7) is 2.99. The van der Waals surface area contributed by atoms with Gasteiger partial charge in [-0.2, -0.15) is 0 Å². The van der Waals surface area contributed by atoms with E-state index in [2.05, 4.69) is 44.8 Å². The molecular formula is C10H14IN3. The van der Waals surface area contributed by atoms with Crippen molar-refractivity contribution >= 4 is 28.4 Å². The van der Waals surface area contributed by atoms with Crippen molar-refractivity contribution in [2.45, 2.75) is 26.2 Å². The third-order valence-electron chi connectivity index (χ3n) is 2.31. The van der Waals surface area contributed by atoms with Gasteiger partial charge in [0.15, 0.2) is 0 Å². The van der Waals surface area contributed by atoms with Crippen LogP contribution in [0.15, 0.2) is 6.20 Å². The van der Waals surface area contributed by atoms with Gasteiger partial charge in [-0.1, -0.05) is 0 Å². The van der Waals surface area contributed by atoms with Crippen LogP contribution >= 0.6 is 22.6 Å². The number of halogens is 1. The maximum absolute atomic E-state index is 4.51. The molecule has 0 aliphatic heterocycles. The first-order valence-corrected chi connectivity index (χ1v) is 6.12. The molecule has 0 spiro atoms. The number of aromatic nitrogens is 2. The number of rotatable bonds is 4. The summed E-state index contributed by atoms with van der Waals surface area (Å²) in [4.78, 5) is 8.86. The molecule has 1 saturated carbocycles. The van der Waals surface area contributed by atoms with E-state index >= 15 is 0 Å². The van der Waals surface area contributed by atoms with Crippen LogP contribution in [-0.2, 0) is 6.42 Å². The highest BCUT2D eigenvalue weighted by Crippen LogP contribution is 2.31. The van der Waals surface area contributed by atoms with E-state index in [0.29, 0.717) is 0 Å². The quantitative estimate of drug-likeness (QED) is 0.868. The van der Waals surface area contributed by atoms with Crippen molar-refractivity contribution in [1.82, 2.24) is 9.97 Å². The third kappa shape index (κ3) is 2.56. The fraction of sp³-hybridized carbons (Fsp3) is 0.600. The molecule has 2 rings (SSSR count). The second-order valence-electron chi connectivity index (χ2n) is 3.66. The summed E-state index contributed by atoms with van der Waals surface area (Å²) in [6, 6.07) is 0. The van der Waals surface area contributed by atoms with Gasteiger partial charge >= 0.3 is 0 Å². The van der Waals surface area contributed by atoms with Gasteiger partial charge in [-0.3, -0.25) is 0 Å². The molecule has 1 aromatic rings. The van der Waals surface area contributed by atoms with Crippen LogP contribution in [0.25, 0.3) is 0 Å². The molecule has 1 aromatic heterocycles. The highest BCUT2D eigenvalue weighted by molar-refractivity contribution is 14.1. The van der Waals surface area contributed by atoms with Gasteiger partial charge in [0, 0.05) is 19.2 Å². The van der Waals surface area contributed by atoms with Gasteiger partial charge in [0.2, 0.25) is 0 Å². The summed E-state index contributed by atoms with van der Waals surface area (Å²) in [7, 11) is 0. The molecule has 0 unspecified atom stereocenters. The van der Waals surface area contributed by atoms with Gasteiger partial charge in [0.05, 0.1) is 3.57 Å². The molecule has 0 radical (unpaired) electrons. The lowest BCUT2D eigenvalue weighted by atomic mass is 10.3. The Bertz CT molecular complexity index is 323. The summed E-state index contributed by atoms with van der Waals surface area (Å²) < 4.78 is 1.10. The van der Waals surface area contributed by atoms with Crippen LogP contribution in [0, 0.1) is 9.49 Å². The van der Waals surface area contributed by atoms with Crippen molar-refractivity contribution in [2.24, 2.45) is 5.92 Å². The lowest BCUT2D eigenvalue weighted by molar-refractivity contribution is 0.768. The smallest absolute Gasteiger partial charge is 0.143 e. The number of nitrogens with one attached hydrogen (secondary N) is 1. The molecule has 1 N–H and O–H groups in total. The predicted molar refractivity (Wildman–Crippen MR) is 65.3 cm³/mol. The van der Waals surface area contributed by atoms with Crippen molar-refractivity contribution in [2.75, 3.05) is 11.9 Å². The minimum Gasteiger partial charge on any atom is -0.369 e. The lowest BCUT2D eigenvalue weighted by Gasteiger charge is -2.06. The second-order valence-corrected chi connectivity index (χ2v) is 4.82. The summed E-state index contributed by atoms with van der Waals surface area (Å²) in [6.07, 6.45) is 5.66. The van der Waals surface area contributed by atoms with Gasteiger partial charge in [-0.15, -0.1) is 0 Å². The summed E-state index contributed by atoms with van der Waals surface area (Å²) in [5.41, 5.74) is 0. The molecular weight excluding hydrogens is 289 g/mol. The fourth-order valence-electron chi connectivity index (χ4n) is 1.37. The standard InChI is InChI=1S/C10H14IN3/c1-2-12-10-8(11)6-13-9(14-10)5-7-3-4-7/h6-7H,2-5H2,1H3,(H,12,13,14). The van der Waals surface area contributed by atoms with Crippen molar-refractivity contribution < 1.29 is 0 Å². The van der Waals surface area contributed by atoms with Crippen LogP contribution in [0.5, 0.6) is 0 Å². The van der Waals surface area contributed by atoms with Crippen molar-refractivity contribution in [3.63, 3.8) is 0 Å². The Hall–Kier alpha value is -0.390. The highest BCUT2D eigenvalue weighted by atomic mass is 127. The molecule has 1 aliphatic carbocycles. The van der Waals surface area contributed by atoms with Crippen molar-refractivity contribution in [1.29, 1.82) is 0 Å². The normalized spacial score (nSPS) is 15.6. The monoisotopic (exact) mass is 303 g/mol. The zero-order valence-electron chi connectivity index (χ0n) is 8.26. The molecule has 3 nitrogen and oxygen atoms in total. The highest BCUT2D eigenvalue weighted by Gasteiger charge is 2.23. The SMILES string of the molecule is CCNc1nc(CC2CC2)ncc1I. The van der Waals surface area contributed by atoms with E-state index < -0.39 is 0 Å². The summed E-state index contributed by atoms with van der Waals surface area (Å²) in [5, 5.41) is 3.25. The molecule has 14 heavy (non-hydrogen) atoms. The zero-order chi connectivity index (χ0) is 9.97. The molecule has 0 aromatic carbocycles. The largest absolute Gasteiger partial charge is 0.369 e. The number of hydrogen-bond acceptors (Lipinski definition) is 3. The van der Waals surface area contributed by atoms with Crippen LogP contribution in [0.3, 0.4) is 0 Å². The van der Waals surface area contributed by atoms with E-state index in [0.717, 1.165) is 34.1 Å². The Kier molecular flexibility index (Phi) is 3.20. The maximum Gasteiger partial charge on any atom is 0.143 e. The van der Waals surface area contributed by atoms with Gasteiger partial charge in [0.1, 0.15) is 11.6 Å². The minimum atomic E-state index is 0.851. The molecule has 0 amide bonds. The Morgan fingerprint density at radius 3 is 3.00 bits per heavy atom. The molecule has 0 saturated heterocycles. The molecule has 4 heteroatoms. The van der Waals surface area contributed by atoms with Crippen molar-refractivity contribution in [3.8, 4) is 0 Å². The average molecular weight is 303 g/mol. The minimum absolute atomic E-state index is 0.851. The molecule has 76 valence electrons. The third-order valence-corrected chi connectivity index (χ3v) is 3.10. The summed E-state index contributed by atoms with van der Waals surface area (Å²) in [5.74, 6) is 2.83. The van der Waals surface area contributed by atoms with E-state index in [4.69, 9.17) is 0 Å². The second kappa shape index (κ2) is 4.42. The van der Waals surface area contributed by atoms with Crippen LogP contribution < -0.4 is 5.32 Å². The molecule has 1 heterocycles. The van der Waals surface area contributed by atoms with E-state index in [1.165, 1.54) is 12.8 Å². The molecule has 1 fully saturated rings.